The Balaban J connectivity index is 2.25. The van der Waals surface area contributed by atoms with Crippen LogP contribution in [0.4, 0.5) is 0 Å². The fourth-order valence-electron chi connectivity index (χ4n) is 1.20. The first-order valence-electron chi connectivity index (χ1n) is 5.24. The second kappa shape index (κ2) is 6.65. The standard InChI is InChI=1S/C12H15NO4/c1-9-2-4-10(5-3-9)12(16)13-6-7-17-8-11(14)15/h2-5H,6-8H2,1H3,(H,13,16)(H,14,15). The number of hydrogen-bond acceptors (Lipinski definition) is 3. The molecule has 2 N–H and O–H groups in total. The van der Waals surface area contributed by atoms with Crippen molar-refractivity contribution in [1.29, 1.82) is 0 Å². The molecule has 0 unspecified atom stereocenters. The average Bonchev–Trinajstić information content (AvgIpc) is 2.29. The van der Waals surface area contributed by atoms with Gasteiger partial charge in [-0.25, -0.2) is 4.79 Å². The minimum atomic E-state index is -1.02. The Morgan fingerprint density at radius 1 is 1.29 bits per heavy atom. The van der Waals surface area contributed by atoms with Crippen LogP contribution in [0.25, 0.3) is 0 Å². The third kappa shape index (κ3) is 5.12. The molecule has 1 rings (SSSR count). The van der Waals surface area contributed by atoms with Gasteiger partial charge in [-0.3, -0.25) is 4.79 Å². The monoisotopic (exact) mass is 237 g/mol. The molecule has 0 saturated carbocycles. The molecule has 0 aliphatic carbocycles. The third-order valence-electron chi connectivity index (χ3n) is 2.07. The maximum atomic E-state index is 11.6. The van der Waals surface area contributed by atoms with E-state index in [0.29, 0.717) is 12.1 Å². The first kappa shape index (κ1) is 13.2. The fraction of sp³-hybridized carbons (Fsp3) is 0.333. The Morgan fingerprint density at radius 3 is 2.53 bits per heavy atom. The summed E-state index contributed by atoms with van der Waals surface area (Å²) in [5.74, 6) is -1.21. The molecule has 17 heavy (non-hydrogen) atoms. The van der Waals surface area contributed by atoms with Crippen molar-refractivity contribution < 1.29 is 19.4 Å². The van der Waals surface area contributed by atoms with E-state index in [1.54, 1.807) is 12.1 Å². The zero-order valence-corrected chi connectivity index (χ0v) is 9.60. The number of carbonyl (C=O) groups excluding carboxylic acids is 1. The Hall–Kier alpha value is -1.88. The van der Waals surface area contributed by atoms with Crippen LogP contribution < -0.4 is 5.32 Å². The van der Waals surface area contributed by atoms with Gasteiger partial charge < -0.3 is 15.2 Å². The van der Waals surface area contributed by atoms with Crippen LogP contribution in [0.15, 0.2) is 24.3 Å². The average molecular weight is 237 g/mol. The summed E-state index contributed by atoms with van der Waals surface area (Å²) < 4.78 is 4.79. The van der Waals surface area contributed by atoms with Gasteiger partial charge in [-0.2, -0.15) is 0 Å². The quantitative estimate of drug-likeness (QED) is 0.718. The number of amides is 1. The van der Waals surface area contributed by atoms with Crippen molar-refractivity contribution in [3.8, 4) is 0 Å². The van der Waals surface area contributed by atoms with Gasteiger partial charge in [0.2, 0.25) is 0 Å². The molecule has 0 aliphatic rings. The predicted molar refractivity (Wildman–Crippen MR) is 62.0 cm³/mol. The summed E-state index contributed by atoms with van der Waals surface area (Å²) in [6.45, 7) is 2.08. The topological polar surface area (TPSA) is 75.6 Å². The van der Waals surface area contributed by atoms with Crippen molar-refractivity contribution in [2.45, 2.75) is 6.92 Å². The Kier molecular flexibility index (Phi) is 5.16. The number of nitrogens with one attached hydrogen (secondary N) is 1. The van der Waals surface area contributed by atoms with Crippen molar-refractivity contribution >= 4 is 11.9 Å². The van der Waals surface area contributed by atoms with Gasteiger partial charge in [0.15, 0.2) is 0 Å². The summed E-state index contributed by atoms with van der Waals surface area (Å²) in [6, 6.07) is 7.19. The van der Waals surface area contributed by atoms with E-state index < -0.39 is 5.97 Å². The van der Waals surface area contributed by atoms with E-state index in [1.165, 1.54) is 0 Å². The van der Waals surface area contributed by atoms with E-state index in [1.807, 2.05) is 19.1 Å². The van der Waals surface area contributed by atoms with Crippen LogP contribution in [0.2, 0.25) is 0 Å². The highest BCUT2D eigenvalue weighted by atomic mass is 16.5. The molecule has 0 saturated heterocycles. The van der Waals surface area contributed by atoms with E-state index in [4.69, 9.17) is 9.84 Å². The molecule has 5 nitrogen and oxygen atoms in total. The molecule has 0 bridgehead atoms. The molecule has 5 heteroatoms. The first-order valence-corrected chi connectivity index (χ1v) is 5.24. The molecule has 1 amide bonds. The van der Waals surface area contributed by atoms with Gasteiger partial charge in [0.1, 0.15) is 6.61 Å². The second-order valence-electron chi connectivity index (χ2n) is 3.57. The van der Waals surface area contributed by atoms with Crippen LogP contribution in [0, 0.1) is 6.92 Å². The van der Waals surface area contributed by atoms with Gasteiger partial charge in [-0.15, -0.1) is 0 Å². The van der Waals surface area contributed by atoms with Crippen LogP contribution in [0.5, 0.6) is 0 Å². The minimum Gasteiger partial charge on any atom is -0.480 e. The summed E-state index contributed by atoms with van der Waals surface area (Å²) in [7, 11) is 0. The van der Waals surface area contributed by atoms with Gasteiger partial charge in [0, 0.05) is 12.1 Å². The Morgan fingerprint density at radius 2 is 1.94 bits per heavy atom. The summed E-state index contributed by atoms with van der Waals surface area (Å²) in [6.07, 6.45) is 0. The highest BCUT2D eigenvalue weighted by molar-refractivity contribution is 5.94. The van der Waals surface area contributed by atoms with Gasteiger partial charge in [0.05, 0.1) is 6.61 Å². The largest absolute Gasteiger partial charge is 0.480 e. The first-order chi connectivity index (χ1) is 8.09. The molecule has 1 aromatic carbocycles. The summed E-state index contributed by atoms with van der Waals surface area (Å²) >= 11 is 0. The van der Waals surface area contributed by atoms with E-state index in [2.05, 4.69) is 5.32 Å². The molecule has 0 aromatic heterocycles. The zero-order chi connectivity index (χ0) is 12.7. The molecule has 1 aromatic rings. The molecule has 0 fully saturated rings. The maximum Gasteiger partial charge on any atom is 0.329 e. The van der Waals surface area contributed by atoms with Crippen LogP contribution in [0.1, 0.15) is 15.9 Å². The summed E-state index contributed by atoms with van der Waals surface area (Å²) in [5, 5.41) is 10.9. The number of ether oxygens (including phenoxy) is 1. The van der Waals surface area contributed by atoms with Crippen LogP contribution in [-0.4, -0.2) is 36.7 Å². The molecule has 0 radical (unpaired) electrons. The smallest absolute Gasteiger partial charge is 0.329 e. The lowest BCUT2D eigenvalue weighted by molar-refractivity contribution is -0.142. The molecule has 0 aliphatic heterocycles. The minimum absolute atomic E-state index is 0.184. The second-order valence-corrected chi connectivity index (χ2v) is 3.57. The highest BCUT2D eigenvalue weighted by Gasteiger charge is 2.03. The number of benzene rings is 1. The number of carbonyl (C=O) groups is 2. The van der Waals surface area contributed by atoms with E-state index >= 15 is 0 Å². The normalized spacial score (nSPS) is 9.94. The van der Waals surface area contributed by atoms with Crippen molar-refractivity contribution in [1.82, 2.24) is 5.32 Å². The number of rotatable bonds is 6. The third-order valence-corrected chi connectivity index (χ3v) is 2.07. The SMILES string of the molecule is Cc1ccc(C(=O)NCCOCC(=O)O)cc1. The molecule has 92 valence electrons. The number of hydrogen-bond donors (Lipinski definition) is 2. The lowest BCUT2D eigenvalue weighted by Gasteiger charge is -2.05. The highest BCUT2D eigenvalue weighted by Crippen LogP contribution is 2.02. The molecule has 0 spiro atoms. The van der Waals surface area contributed by atoms with Crippen molar-refractivity contribution in [3.63, 3.8) is 0 Å². The van der Waals surface area contributed by atoms with Crippen molar-refractivity contribution in [2.75, 3.05) is 19.8 Å². The number of carboxylic acid groups (broad SMARTS) is 1. The Labute approximate surface area is 99.4 Å². The van der Waals surface area contributed by atoms with Gasteiger partial charge >= 0.3 is 5.97 Å². The van der Waals surface area contributed by atoms with Crippen LogP contribution in [0.3, 0.4) is 0 Å². The van der Waals surface area contributed by atoms with E-state index in [-0.39, 0.29) is 19.1 Å². The lowest BCUT2D eigenvalue weighted by atomic mass is 10.1. The van der Waals surface area contributed by atoms with Gasteiger partial charge in [-0.1, -0.05) is 17.7 Å². The molecule has 0 heterocycles. The molecule has 0 atom stereocenters. The summed E-state index contributed by atoms with van der Waals surface area (Å²) in [4.78, 5) is 21.7. The molecular weight excluding hydrogens is 222 g/mol. The zero-order valence-electron chi connectivity index (χ0n) is 9.60. The predicted octanol–water partition coefficient (Wildman–Crippen LogP) is 0.826. The molecular formula is C12H15NO4. The Bertz CT molecular complexity index is 386. The number of carboxylic acids is 1. The van der Waals surface area contributed by atoms with Crippen molar-refractivity contribution in [2.24, 2.45) is 0 Å². The van der Waals surface area contributed by atoms with Crippen LogP contribution in [-0.2, 0) is 9.53 Å². The summed E-state index contributed by atoms with van der Waals surface area (Å²) in [5.41, 5.74) is 1.67. The lowest BCUT2D eigenvalue weighted by Crippen LogP contribution is -2.27. The number of aliphatic carboxylic acids is 1. The number of aryl methyl sites for hydroxylation is 1. The van der Waals surface area contributed by atoms with E-state index in [0.717, 1.165) is 5.56 Å². The van der Waals surface area contributed by atoms with Crippen LogP contribution >= 0.6 is 0 Å². The van der Waals surface area contributed by atoms with Crippen molar-refractivity contribution in [3.05, 3.63) is 35.4 Å². The fourth-order valence-corrected chi connectivity index (χ4v) is 1.20. The van der Waals surface area contributed by atoms with Gasteiger partial charge in [0.25, 0.3) is 5.91 Å². The van der Waals surface area contributed by atoms with Gasteiger partial charge in [-0.05, 0) is 19.1 Å². The van der Waals surface area contributed by atoms with E-state index in [9.17, 15) is 9.59 Å². The maximum absolute atomic E-state index is 11.6.